The zero-order valence-corrected chi connectivity index (χ0v) is 10.5. The molecule has 1 aliphatic heterocycles. The van der Waals surface area contributed by atoms with E-state index < -0.39 is 11.8 Å². The van der Waals surface area contributed by atoms with Gasteiger partial charge in [0.25, 0.3) is 5.91 Å². The minimum atomic E-state index is -0.761. The van der Waals surface area contributed by atoms with Gasteiger partial charge in [-0.05, 0) is 18.2 Å². The first kappa shape index (κ1) is 13.5. The van der Waals surface area contributed by atoms with Crippen LogP contribution in [0.25, 0.3) is 0 Å². The number of carbonyl (C=O) groups excluding carboxylic acids is 2. The van der Waals surface area contributed by atoms with Crippen LogP contribution in [0.1, 0.15) is 20.7 Å². The number of methoxy groups -OCH3 is 1. The first-order valence-corrected chi connectivity index (χ1v) is 5.88. The topological polar surface area (TPSA) is 55.8 Å². The maximum absolute atomic E-state index is 13.7. The van der Waals surface area contributed by atoms with Gasteiger partial charge in [-0.25, -0.2) is 9.18 Å². The minimum Gasteiger partial charge on any atom is -0.465 e. The molecular weight excluding hydrogens is 253 g/mol. The predicted octanol–water partition coefficient (Wildman–Crippen LogP) is 1.08. The number of amides is 1. The van der Waals surface area contributed by atoms with Gasteiger partial charge in [-0.2, -0.15) is 0 Å². The minimum absolute atomic E-state index is 0.180. The van der Waals surface area contributed by atoms with Crippen LogP contribution in [0.5, 0.6) is 0 Å². The predicted molar refractivity (Wildman–Crippen MR) is 64.5 cm³/mol. The van der Waals surface area contributed by atoms with E-state index in [2.05, 4.69) is 4.74 Å². The molecule has 19 heavy (non-hydrogen) atoms. The van der Waals surface area contributed by atoms with E-state index in [4.69, 9.17) is 4.74 Å². The highest BCUT2D eigenvalue weighted by molar-refractivity contribution is 5.96. The van der Waals surface area contributed by atoms with Crippen LogP contribution < -0.4 is 0 Å². The van der Waals surface area contributed by atoms with Crippen molar-refractivity contribution in [3.05, 3.63) is 35.1 Å². The summed E-state index contributed by atoms with van der Waals surface area (Å²) in [5.74, 6) is -1.78. The van der Waals surface area contributed by atoms with Crippen molar-refractivity contribution < 1.29 is 23.5 Å². The number of benzene rings is 1. The number of nitrogens with zero attached hydrogens (tertiary/aromatic N) is 1. The van der Waals surface area contributed by atoms with Gasteiger partial charge in [-0.3, -0.25) is 4.79 Å². The fourth-order valence-corrected chi connectivity index (χ4v) is 1.87. The number of halogens is 1. The summed E-state index contributed by atoms with van der Waals surface area (Å²) in [6, 6.07) is 3.74. The Bertz CT molecular complexity index is 497. The maximum atomic E-state index is 13.7. The molecule has 1 heterocycles. The first-order chi connectivity index (χ1) is 9.13. The Morgan fingerprint density at radius 2 is 2.00 bits per heavy atom. The second-order valence-corrected chi connectivity index (χ2v) is 4.09. The molecule has 0 bridgehead atoms. The van der Waals surface area contributed by atoms with Crippen LogP contribution in [0.3, 0.4) is 0 Å². The highest BCUT2D eigenvalue weighted by Crippen LogP contribution is 2.14. The summed E-state index contributed by atoms with van der Waals surface area (Å²) < 4.78 is 23.3. The Morgan fingerprint density at radius 1 is 1.32 bits per heavy atom. The lowest BCUT2D eigenvalue weighted by atomic mass is 10.1. The molecule has 1 aliphatic rings. The molecule has 1 aromatic rings. The van der Waals surface area contributed by atoms with Gasteiger partial charge < -0.3 is 14.4 Å². The van der Waals surface area contributed by atoms with Crippen LogP contribution in [-0.2, 0) is 9.47 Å². The molecule has 0 aromatic heterocycles. The molecule has 0 unspecified atom stereocenters. The number of ether oxygens (including phenoxy) is 2. The standard InChI is InChI=1S/C13H14FNO4/c1-18-13(17)10-3-2-9(8-11(10)14)12(16)15-4-6-19-7-5-15/h2-3,8H,4-7H2,1H3. The van der Waals surface area contributed by atoms with E-state index in [1.807, 2.05) is 0 Å². The van der Waals surface area contributed by atoms with Gasteiger partial charge in [0.05, 0.1) is 25.9 Å². The van der Waals surface area contributed by atoms with E-state index in [9.17, 15) is 14.0 Å². The van der Waals surface area contributed by atoms with Crippen molar-refractivity contribution in [3.63, 3.8) is 0 Å². The van der Waals surface area contributed by atoms with E-state index >= 15 is 0 Å². The number of carbonyl (C=O) groups is 2. The van der Waals surface area contributed by atoms with Crippen molar-refractivity contribution in [1.82, 2.24) is 4.90 Å². The van der Waals surface area contributed by atoms with Crippen LogP contribution in [0.4, 0.5) is 4.39 Å². The van der Waals surface area contributed by atoms with Crippen LogP contribution in [0, 0.1) is 5.82 Å². The zero-order valence-electron chi connectivity index (χ0n) is 10.5. The maximum Gasteiger partial charge on any atom is 0.340 e. The fourth-order valence-electron chi connectivity index (χ4n) is 1.87. The molecule has 0 aliphatic carbocycles. The summed E-state index contributed by atoms with van der Waals surface area (Å²) >= 11 is 0. The highest BCUT2D eigenvalue weighted by atomic mass is 19.1. The van der Waals surface area contributed by atoms with Gasteiger partial charge in [0.2, 0.25) is 0 Å². The second kappa shape index (κ2) is 5.79. The Hall–Kier alpha value is -1.95. The summed E-state index contributed by atoms with van der Waals surface area (Å²) in [6.45, 7) is 1.93. The van der Waals surface area contributed by atoms with E-state index in [0.29, 0.717) is 26.3 Å². The molecule has 1 aromatic carbocycles. The third-order valence-corrected chi connectivity index (χ3v) is 2.92. The molecule has 2 rings (SSSR count). The van der Waals surface area contributed by atoms with Gasteiger partial charge in [-0.15, -0.1) is 0 Å². The Balaban J connectivity index is 2.19. The molecular formula is C13H14FNO4. The lowest BCUT2D eigenvalue weighted by Crippen LogP contribution is -2.40. The molecule has 0 atom stereocenters. The Morgan fingerprint density at radius 3 is 2.58 bits per heavy atom. The molecule has 0 spiro atoms. The van der Waals surface area contributed by atoms with Gasteiger partial charge in [0.1, 0.15) is 5.82 Å². The van der Waals surface area contributed by atoms with Gasteiger partial charge in [-0.1, -0.05) is 0 Å². The van der Waals surface area contributed by atoms with Crippen molar-refractivity contribution >= 4 is 11.9 Å². The lowest BCUT2D eigenvalue weighted by molar-refractivity contribution is 0.0302. The molecule has 1 fully saturated rings. The number of hydrogen-bond acceptors (Lipinski definition) is 4. The third kappa shape index (κ3) is 2.90. The molecule has 102 valence electrons. The van der Waals surface area contributed by atoms with Gasteiger partial charge in [0, 0.05) is 18.7 Å². The lowest BCUT2D eigenvalue weighted by Gasteiger charge is -2.26. The van der Waals surface area contributed by atoms with Crippen LogP contribution >= 0.6 is 0 Å². The van der Waals surface area contributed by atoms with Crippen LogP contribution in [-0.4, -0.2) is 50.2 Å². The number of morpholine rings is 1. The van der Waals surface area contributed by atoms with E-state index in [-0.39, 0.29) is 17.0 Å². The van der Waals surface area contributed by atoms with E-state index in [1.54, 1.807) is 4.90 Å². The summed E-state index contributed by atoms with van der Waals surface area (Å²) in [4.78, 5) is 24.9. The summed E-state index contributed by atoms with van der Waals surface area (Å²) in [6.07, 6.45) is 0. The van der Waals surface area contributed by atoms with Crippen LogP contribution in [0.2, 0.25) is 0 Å². The summed E-state index contributed by atoms with van der Waals surface area (Å²) in [5, 5.41) is 0. The number of rotatable bonds is 2. The SMILES string of the molecule is COC(=O)c1ccc(C(=O)N2CCOCC2)cc1F. The average molecular weight is 267 g/mol. The molecule has 0 N–H and O–H groups in total. The first-order valence-electron chi connectivity index (χ1n) is 5.88. The molecule has 1 saturated heterocycles. The fraction of sp³-hybridized carbons (Fsp3) is 0.385. The van der Waals surface area contributed by atoms with Crippen molar-refractivity contribution in [1.29, 1.82) is 0 Å². The van der Waals surface area contributed by atoms with Crippen LogP contribution in [0.15, 0.2) is 18.2 Å². The van der Waals surface area contributed by atoms with Crippen molar-refractivity contribution in [3.8, 4) is 0 Å². The second-order valence-electron chi connectivity index (χ2n) is 4.09. The monoisotopic (exact) mass is 267 g/mol. The molecule has 1 amide bonds. The number of hydrogen-bond donors (Lipinski definition) is 0. The van der Waals surface area contributed by atoms with Crippen molar-refractivity contribution in [2.45, 2.75) is 0 Å². The van der Waals surface area contributed by atoms with Gasteiger partial charge >= 0.3 is 5.97 Å². The quantitative estimate of drug-likeness (QED) is 0.752. The molecule has 6 heteroatoms. The molecule has 0 radical (unpaired) electrons. The zero-order chi connectivity index (χ0) is 13.8. The van der Waals surface area contributed by atoms with Crippen molar-refractivity contribution in [2.75, 3.05) is 33.4 Å². The highest BCUT2D eigenvalue weighted by Gasteiger charge is 2.20. The van der Waals surface area contributed by atoms with Gasteiger partial charge in [0.15, 0.2) is 0 Å². The van der Waals surface area contributed by atoms with Crippen molar-refractivity contribution in [2.24, 2.45) is 0 Å². The normalized spacial score (nSPS) is 15.2. The Kier molecular flexibility index (Phi) is 4.11. The van der Waals surface area contributed by atoms with E-state index in [0.717, 1.165) is 6.07 Å². The Labute approximate surface area is 109 Å². The molecule has 0 saturated carbocycles. The third-order valence-electron chi connectivity index (χ3n) is 2.92. The number of esters is 1. The molecule has 5 nitrogen and oxygen atoms in total. The summed E-state index contributed by atoms with van der Waals surface area (Å²) in [5.41, 5.74) is 0.0353. The smallest absolute Gasteiger partial charge is 0.340 e. The largest absolute Gasteiger partial charge is 0.465 e. The summed E-state index contributed by atoms with van der Waals surface area (Å²) in [7, 11) is 1.18. The average Bonchev–Trinajstić information content (AvgIpc) is 2.46. The van der Waals surface area contributed by atoms with E-state index in [1.165, 1.54) is 19.2 Å².